The molecule has 5 nitrogen and oxygen atoms in total. The third-order valence-corrected chi connectivity index (χ3v) is 4.19. The van der Waals surface area contributed by atoms with Crippen molar-refractivity contribution in [2.24, 2.45) is 0 Å². The molecule has 3 rings (SSSR count). The fraction of sp³-hybridized carbons (Fsp3) is 0.263. The van der Waals surface area contributed by atoms with Crippen LogP contribution in [0.15, 0.2) is 54.6 Å². The van der Waals surface area contributed by atoms with Gasteiger partial charge in [0.2, 0.25) is 5.91 Å². The molecule has 2 amide bonds. The first-order valence-corrected chi connectivity index (χ1v) is 8.00. The maximum absolute atomic E-state index is 12.6. The van der Waals surface area contributed by atoms with Crippen molar-refractivity contribution < 1.29 is 14.3 Å². The summed E-state index contributed by atoms with van der Waals surface area (Å²) in [6.07, 6.45) is 1.51. The quantitative estimate of drug-likeness (QED) is 0.941. The van der Waals surface area contributed by atoms with Crippen LogP contribution in [0.3, 0.4) is 0 Å². The highest BCUT2D eigenvalue weighted by Gasteiger charge is 2.34. The number of nitrogens with one attached hydrogen (secondary N) is 1. The summed E-state index contributed by atoms with van der Waals surface area (Å²) in [6, 6.07) is 15.8. The van der Waals surface area contributed by atoms with Crippen molar-refractivity contribution in [3.05, 3.63) is 60.2 Å². The minimum atomic E-state index is -0.431. The summed E-state index contributed by atoms with van der Waals surface area (Å²) in [6.45, 7) is 0.606. The lowest BCUT2D eigenvalue weighted by Crippen LogP contribution is -2.43. The molecule has 5 heteroatoms. The number of hydrogen-bond acceptors (Lipinski definition) is 3. The third-order valence-electron chi connectivity index (χ3n) is 4.19. The molecule has 1 fully saturated rings. The molecule has 2 aromatic rings. The predicted molar refractivity (Wildman–Crippen MR) is 92.1 cm³/mol. The van der Waals surface area contributed by atoms with Gasteiger partial charge in [0.1, 0.15) is 11.8 Å². The summed E-state index contributed by atoms with van der Waals surface area (Å²) >= 11 is 0. The van der Waals surface area contributed by atoms with E-state index in [-0.39, 0.29) is 11.8 Å². The summed E-state index contributed by atoms with van der Waals surface area (Å²) in [4.78, 5) is 26.9. The number of carbonyl (C=O) groups is 2. The molecule has 1 aliphatic heterocycles. The van der Waals surface area contributed by atoms with Gasteiger partial charge in [-0.15, -0.1) is 0 Å². The van der Waals surface area contributed by atoms with Crippen LogP contribution in [0.4, 0.5) is 5.69 Å². The number of hydrogen-bond donors (Lipinski definition) is 1. The second kappa shape index (κ2) is 7.17. The second-order valence-electron chi connectivity index (χ2n) is 5.74. The molecular formula is C19H20N2O3. The number of carbonyl (C=O) groups excluding carboxylic acids is 2. The molecular weight excluding hydrogens is 304 g/mol. The van der Waals surface area contributed by atoms with Crippen LogP contribution < -0.4 is 10.1 Å². The minimum Gasteiger partial charge on any atom is -0.497 e. The van der Waals surface area contributed by atoms with Crippen molar-refractivity contribution in [1.29, 1.82) is 0 Å². The summed E-state index contributed by atoms with van der Waals surface area (Å²) in [5.41, 5.74) is 1.31. The molecule has 0 aliphatic carbocycles. The Hall–Kier alpha value is -2.82. The smallest absolute Gasteiger partial charge is 0.254 e. The van der Waals surface area contributed by atoms with Gasteiger partial charge in [-0.25, -0.2) is 0 Å². The zero-order valence-electron chi connectivity index (χ0n) is 13.6. The number of likely N-dealkylation sites (tertiary alicyclic amines) is 1. The maximum Gasteiger partial charge on any atom is 0.254 e. The predicted octanol–water partition coefficient (Wildman–Crippen LogP) is 2.94. The van der Waals surface area contributed by atoms with Crippen LogP contribution in [0.2, 0.25) is 0 Å². The highest BCUT2D eigenvalue weighted by atomic mass is 16.5. The molecule has 1 saturated heterocycles. The Morgan fingerprint density at radius 3 is 2.46 bits per heavy atom. The molecule has 0 bridgehead atoms. The second-order valence-corrected chi connectivity index (χ2v) is 5.74. The van der Waals surface area contributed by atoms with Crippen LogP contribution in [-0.2, 0) is 4.79 Å². The fourth-order valence-electron chi connectivity index (χ4n) is 2.93. The van der Waals surface area contributed by atoms with Gasteiger partial charge in [0.05, 0.1) is 7.11 Å². The van der Waals surface area contributed by atoms with E-state index in [4.69, 9.17) is 4.74 Å². The number of ether oxygens (including phenoxy) is 1. The van der Waals surface area contributed by atoms with Crippen molar-refractivity contribution in [3.8, 4) is 5.75 Å². The normalized spacial score (nSPS) is 16.7. The van der Waals surface area contributed by atoms with Crippen LogP contribution in [0.25, 0.3) is 0 Å². The van der Waals surface area contributed by atoms with Crippen LogP contribution in [0.5, 0.6) is 5.75 Å². The van der Waals surface area contributed by atoms with Crippen LogP contribution >= 0.6 is 0 Å². The van der Waals surface area contributed by atoms with Gasteiger partial charge in [-0.3, -0.25) is 9.59 Å². The molecule has 1 atom stereocenters. The number of amides is 2. The lowest BCUT2D eigenvalue weighted by Gasteiger charge is -2.24. The number of benzene rings is 2. The van der Waals surface area contributed by atoms with E-state index in [9.17, 15) is 9.59 Å². The lowest BCUT2D eigenvalue weighted by molar-refractivity contribution is -0.119. The van der Waals surface area contributed by atoms with Crippen LogP contribution in [0, 0.1) is 0 Å². The van der Waals surface area contributed by atoms with E-state index in [0.29, 0.717) is 24.2 Å². The van der Waals surface area contributed by atoms with Crippen molar-refractivity contribution in [1.82, 2.24) is 4.90 Å². The molecule has 0 saturated carbocycles. The standard InChI is InChI=1S/C19H20N2O3/c1-24-16-11-9-15(10-12-16)20-18(22)17-8-5-13-21(17)19(23)14-6-3-2-4-7-14/h2-4,6-7,9-12,17H,5,8,13H2,1H3,(H,20,22)/t17-/m0/s1. The van der Waals surface area contributed by atoms with Gasteiger partial charge in [-0.2, -0.15) is 0 Å². The largest absolute Gasteiger partial charge is 0.497 e. The van der Waals surface area contributed by atoms with E-state index >= 15 is 0 Å². The summed E-state index contributed by atoms with van der Waals surface area (Å²) in [7, 11) is 1.60. The molecule has 1 N–H and O–H groups in total. The first-order chi connectivity index (χ1) is 11.7. The third kappa shape index (κ3) is 3.40. The Kier molecular flexibility index (Phi) is 4.79. The molecule has 24 heavy (non-hydrogen) atoms. The molecule has 1 aliphatic rings. The first-order valence-electron chi connectivity index (χ1n) is 8.00. The number of anilines is 1. The van der Waals surface area contributed by atoms with Gasteiger partial charge >= 0.3 is 0 Å². The van der Waals surface area contributed by atoms with Crippen molar-refractivity contribution >= 4 is 17.5 Å². The molecule has 0 radical (unpaired) electrons. The Morgan fingerprint density at radius 1 is 1.08 bits per heavy atom. The molecule has 0 unspecified atom stereocenters. The zero-order chi connectivity index (χ0) is 16.9. The van der Waals surface area contributed by atoms with Gasteiger partial charge in [0, 0.05) is 17.8 Å². The van der Waals surface area contributed by atoms with Gasteiger partial charge in [-0.1, -0.05) is 18.2 Å². The van der Waals surface area contributed by atoms with E-state index in [0.717, 1.165) is 12.2 Å². The fourth-order valence-corrected chi connectivity index (χ4v) is 2.93. The maximum atomic E-state index is 12.6. The number of nitrogens with zero attached hydrogens (tertiary/aromatic N) is 1. The first kappa shape index (κ1) is 16.1. The van der Waals surface area contributed by atoms with E-state index in [1.54, 1.807) is 48.4 Å². The summed E-state index contributed by atoms with van der Waals surface area (Å²) in [5, 5.41) is 2.88. The van der Waals surface area contributed by atoms with Crippen molar-refractivity contribution in [3.63, 3.8) is 0 Å². The van der Waals surface area contributed by atoms with E-state index in [1.807, 2.05) is 18.2 Å². The lowest BCUT2D eigenvalue weighted by atomic mass is 10.1. The van der Waals surface area contributed by atoms with Crippen molar-refractivity contribution in [2.45, 2.75) is 18.9 Å². The molecule has 124 valence electrons. The molecule has 1 heterocycles. The Bertz CT molecular complexity index is 713. The van der Waals surface area contributed by atoms with E-state index < -0.39 is 6.04 Å². The van der Waals surface area contributed by atoms with Gasteiger partial charge in [-0.05, 0) is 49.2 Å². The highest BCUT2D eigenvalue weighted by molar-refractivity contribution is 6.01. The number of rotatable bonds is 4. The monoisotopic (exact) mass is 324 g/mol. The average molecular weight is 324 g/mol. The van der Waals surface area contributed by atoms with E-state index in [2.05, 4.69) is 5.32 Å². The average Bonchev–Trinajstić information content (AvgIpc) is 3.12. The molecule has 0 aromatic heterocycles. The van der Waals surface area contributed by atoms with Gasteiger partial charge in [0.15, 0.2) is 0 Å². The van der Waals surface area contributed by atoms with Crippen LogP contribution in [-0.4, -0.2) is 36.4 Å². The SMILES string of the molecule is COc1ccc(NC(=O)[C@@H]2CCCN2C(=O)c2ccccc2)cc1. The Labute approximate surface area is 141 Å². The van der Waals surface area contributed by atoms with Gasteiger partial charge in [0.25, 0.3) is 5.91 Å². The zero-order valence-corrected chi connectivity index (χ0v) is 13.6. The van der Waals surface area contributed by atoms with E-state index in [1.165, 1.54) is 0 Å². The summed E-state index contributed by atoms with van der Waals surface area (Å²) < 4.78 is 5.11. The highest BCUT2D eigenvalue weighted by Crippen LogP contribution is 2.22. The summed E-state index contributed by atoms with van der Waals surface area (Å²) in [5.74, 6) is 0.486. The Balaban J connectivity index is 1.70. The Morgan fingerprint density at radius 2 is 1.79 bits per heavy atom. The van der Waals surface area contributed by atoms with Crippen LogP contribution in [0.1, 0.15) is 23.2 Å². The number of methoxy groups -OCH3 is 1. The van der Waals surface area contributed by atoms with Crippen molar-refractivity contribution in [2.75, 3.05) is 19.0 Å². The molecule has 0 spiro atoms. The topological polar surface area (TPSA) is 58.6 Å². The molecule has 2 aromatic carbocycles. The minimum absolute atomic E-state index is 0.0945. The van der Waals surface area contributed by atoms with Gasteiger partial charge < -0.3 is 15.0 Å².